The van der Waals surface area contributed by atoms with Gasteiger partial charge >= 0.3 is 5.03 Å². The van der Waals surface area contributed by atoms with Crippen molar-refractivity contribution in [1.29, 1.82) is 5.41 Å². The predicted molar refractivity (Wildman–Crippen MR) is 142 cm³/mol. The fourth-order valence-corrected chi connectivity index (χ4v) is 5.52. The molecule has 3 aromatic rings. The lowest BCUT2D eigenvalue weighted by atomic mass is 9.90. The molecule has 0 radical (unpaired) electrons. The number of anilines is 2. The number of aromatic nitrogens is 3. The minimum Gasteiger partial charge on any atom is -0.591 e. The Hall–Kier alpha value is -3.28. The number of hydrogen-bond donors (Lipinski definition) is 2. The Morgan fingerprint density at radius 2 is 1.95 bits per heavy atom. The van der Waals surface area contributed by atoms with Crippen molar-refractivity contribution in [2.24, 2.45) is 12.5 Å². The van der Waals surface area contributed by atoms with Crippen LogP contribution < -0.4 is 5.32 Å². The van der Waals surface area contributed by atoms with E-state index in [1.807, 2.05) is 49.0 Å². The van der Waals surface area contributed by atoms with E-state index in [0.29, 0.717) is 41.6 Å². The van der Waals surface area contributed by atoms with E-state index in [1.165, 1.54) is 29.3 Å². The number of amides is 1. The number of hydrogen-bond acceptors (Lipinski definition) is 7. The lowest BCUT2D eigenvalue weighted by molar-refractivity contribution is -0.144. The van der Waals surface area contributed by atoms with Gasteiger partial charge in [-0.15, -0.1) is 9.40 Å². The first kappa shape index (κ1) is 26.8. The summed E-state index contributed by atoms with van der Waals surface area (Å²) in [6.07, 6.45) is 2.75. The van der Waals surface area contributed by atoms with Crippen LogP contribution in [0.4, 0.5) is 15.8 Å². The van der Waals surface area contributed by atoms with Crippen molar-refractivity contribution in [2.75, 3.05) is 25.0 Å². The van der Waals surface area contributed by atoms with Crippen molar-refractivity contribution in [1.82, 2.24) is 24.2 Å². The third kappa shape index (κ3) is 5.84. The van der Waals surface area contributed by atoms with Crippen LogP contribution in [0.2, 0.25) is 0 Å². The maximum Gasteiger partial charge on any atom is 0.304 e. The third-order valence-corrected chi connectivity index (χ3v) is 7.66. The summed E-state index contributed by atoms with van der Waals surface area (Å²) in [6, 6.07) is 9.47. The minimum absolute atomic E-state index is 0.00625. The molecule has 0 aliphatic carbocycles. The molecule has 2 aromatic carbocycles. The van der Waals surface area contributed by atoms with Gasteiger partial charge in [0.15, 0.2) is 0 Å². The Morgan fingerprint density at radius 1 is 1.24 bits per heavy atom. The van der Waals surface area contributed by atoms with Gasteiger partial charge in [-0.3, -0.25) is 4.79 Å². The molecule has 2 unspecified atom stereocenters. The van der Waals surface area contributed by atoms with Gasteiger partial charge in [-0.1, -0.05) is 20.8 Å². The monoisotopic (exact) mass is 525 g/mol. The normalized spacial score (nSPS) is 17.5. The molecule has 2 N–H and O–H groups in total. The topological polar surface area (TPSA) is 113 Å². The Morgan fingerprint density at radius 3 is 2.54 bits per heavy atom. The van der Waals surface area contributed by atoms with E-state index in [0.717, 1.165) is 11.1 Å². The number of carbonyl (C=O) groups is 1. The number of halogens is 1. The van der Waals surface area contributed by atoms with Crippen LogP contribution in [0, 0.1) is 23.6 Å². The molecule has 1 aliphatic rings. The maximum absolute atomic E-state index is 13.5. The van der Waals surface area contributed by atoms with Crippen LogP contribution in [-0.2, 0) is 23.2 Å². The Bertz CT molecular complexity index is 1290. The summed E-state index contributed by atoms with van der Waals surface area (Å²) >= 11 is -1.53. The van der Waals surface area contributed by atoms with E-state index >= 15 is 0 Å². The Balaban J connectivity index is 1.70. The molecule has 1 saturated heterocycles. The number of benzene rings is 2. The summed E-state index contributed by atoms with van der Waals surface area (Å²) in [5, 5.41) is 19.9. The quantitative estimate of drug-likeness (QED) is 0.372. The fraction of sp³-hybridized carbons (Fsp3) is 0.385. The number of nitrogens with zero attached hydrogens (tertiary/aromatic N) is 5. The molecule has 9 nitrogen and oxygen atoms in total. The third-order valence-electron chi connectivity index (χ3n) is 6.31. The van der Waals surface area contributed by atoms with Crippen molar-refractivity contribution in [3.63, 3.8) is 0 Å². The molecule has 2 atom stereocenters. The zero-order valence-corrected chi connectivity index (χ0v) is 22.5. The van der Waals surface area contributed by atoms with Gasteiger partial charge in [0.2, 0.25) is 5.91 Å². The highest BCUT2D eigenvalue weighted by atomic mass is 32.2. The Labute approximate surface area is 219 Å². The molecule has 1 aromatic heterocycles. The number of piperazine rings is 1. The molecule has 1 aliphatic heterocycles. The Kier molecular flexibility index (Phi) is 7.67. The van der Waals surface area contributed by atoms with Gasteiger partial charge in [-0.25, -0.2) is 4.39 Å². The average molecular weight is 526 g/mol. The summed E-state index contributed by atoms with van der Waals surface area (Å²) in [4.78, 5) is 16.7. The SMILES string of the molecule is Cc1cc(Nc2ccc(F)cc2)c(C=N)cc1C1CN([S+]([O-])c2cnn(C)n2)CCN1C(=O)C(C)(C)C. The number of aryl methyl sites for hydroxylation is 2. The van der Waals surface area contributed by atoms with Crippen molar-refractivity contribution in [3.05, 3.63) is 65.1 Å². The zero-order chi connectivity index (χ0) is 26.9. The molecule has 1 amide bonds. The molecule has 1 fully saturated rings. The van der Waals surface area contributed by atoms with Gasteiger partial charge in [0.05, 0.1) is 19.1 Å². The second-order valence-electron chi connectivity index (χ2n) is 10.1. The lowest BCUT2D eigenvalue weighted by Gasteiger charge is -2.43. The minimum atomic E-state index is -1.53. The first-order valence-electron chi connectivity index (χ1n) is 12.0. The van der Waals surface area contributed by atoms with Crippen LogP contribution >= 0.6 is 0 Å². The van der Waals surface area contributed by atoms with Gasteiger partial charge in [0, 0.05) is 42.2 Å². The van der Waals surface area contributed by atoms with Crippen LogP contribution in [0.3, 0.4) is 0 Å². The molecular weight excluding hydrogens is 493 g/mol. The van der Waals surface area contributed by atoms with E-state index in [9.17, 15) is 13.7 Å². The molecule has 196 valence electrons. The molecule has 37 heavy (non-hydrogen) atoms. The summed E-state index contributed by atoms with van der Waals surface area (Å²) in [5.74, 6) is -0.319. The van der Waals surface area contributed by atoms with Gasteiger partial charge < -0.3 is 20.2 Å². The van der Waals surface area contributed by atoms with Crippen molar-refractivity contribution < 1.29 is 13.7 Å². The number of nitrogens with one attached hydrogen (secondary N) is 2. The summed E-state index contributed by atoms with van der Waals surface area (Å²) in [5.41, 5.74) is 3.23. The summed E-state index contributed by atoms with van der Waals surface area (Å²) in [6.45, 7) is 8.81. The molecule has 0 bridgehead atoms. The standard InChI is InChI=1S/C26H32FN7O2S/c1-17-12-22(30-20-8-6-19(27)7-9-20)18(14-28)13-21(17)23-16-33(37(36)24-15-29-32(5)31-24)10-11-34(23)25(35)26(2,3)4/h6-9,12-15,23,28,30H,10-11,16H2,1-5H3. The maximum atomic E-state index is 13.5. The molecule has 11 heteroatoms. The van der Waals surface area contributed by atoms with Crippen molar-refractivity contribution >= 4 is 34.9 Å². The van der Waals surface area contributed by atoms with Gasteiger partial charge in [-0.05, 0) is 54.4 Å². The van der Waals surface area contributed by atoms with Crippen molar-refractivity contribution in [3.8, 4) is 0 Å². The van der Waals surface area contributed by atoms with Gasteiger partial charge in [0.1, 0.15) is 23.4 Å². The van der Waals surface area contributed by atoms with Crippen molar-refractivity contribution in [2.45, 2.75) is 38.8 Å². The highest BCUT2D eigenvalue weighted by Gasteiger charge is 2.41. The van der Waals surface area contributed by atoms with Gasteiger partial charge in [-0.2, -0.15) is 9.90 Å². The van der Waals surface area contributed by atoms with E-state index in [1.54, 1.807) is 19.2 Å². The summed E-state index contributed by atoms with van der Waals surface area (Å²) in [7, 11) is 1.67. The first-order chi connectivity index (χ1) is 17.5. The molecule has 0 spiro atoms. The van der Waals surface area contributed by atoms with Crippen LogP contribution in [0.25, 0.3) is 0 Å². The zero-order valence-electron chi connectivity index (χ0n) is 21.7. The average Bonchev–Trinajstić information content (AvgIpc) is 3.30. The molecule has 2 heterocycles. The number of rotatable bonds is 6. The summed E-state index contributed by atoms with van der Waals surface area (Å²) < 4.78 is 28.5. The number of carbonyl (C=O) groups excluding carboxylic acids is 1. The molecule has 0 saturated carbocycles. The van der Waals surface area contributed by atoms with Crippen LogP contribution in [-0.4, -0.2) is 60.5 Å². The van der Waals surface area contributed by atoms with E-state index in [-0.39, 0.29) is 17.8 Å². The second-order valence-corrected chi connectivity index (χ2v) is 11.6. The predicted octanol–water partition coefficient (Wildman–Crippen LogP) is 3.96. The van der Waals surface area contributed by atoms with E-state index < -0.39 is 16.8 Å². The smallest absolute Gasteiger partial charge is 0.304 e. The largest absolute Gasteiger partial charge is 0.591 e. The lowest BCUT2D eigenvalue weighted by Crippen LogP contribution is -2.54. The van der Waals surface area contributed by atoms with E-state index in [4.69, 9.17) is 5.41 Å². The van der Waals surface area contributed by atoms with Gasteiger partial charge in [0.25, 0.3) is 0 Å². The highest BCUT2D eigenvalue weighted by Crippen LogP contribution is 2.36. The first-order valence-corrected chi connectivity index (χ1v) is 13.1. The molecule has 4 rings (SSSR count). The molecular formula is C26H32FN7O2S. The van der Waals surface area contributed by atoms with Crippen LogP contribution in [0.5, 0.6) is 0 Å². The highest BCUT2D eigenvalue weighted by molar-refractivity contribution is 7.89. The fourth-order valence-electron chi connectivity index (χ4n) is 4.41. The second kappa shape index (κ2) is 10.6. The van der Waals surface area contributed by atoms with E-state index in [2.05, 4.69) is 15.5 Å². The van der Waals surface area contributed by atoms with Crippen LogP contribution in [0.15, 0.2) is 47.6 Å². The van der Waals surface area contributed by atoms with Crippen LogP contribution in [0.1, 0.15) is 43.5 Å².